The predicted molar refractivity (Wildman–Crippen MR) is 104 cm³/mol. The lowest BCUT2D eigenvalue weighted by Crippen LogP contribution is -2.41. The van der Waals surface area contributed by atoms with Gasteiger partial charge in [0, 0.05) is 12.5 Å². The third kappa shape index (κ3) is 3.87. The number of ketones is 1. The van der Waals surface area contributed by atoms with Crippen molar-refractivity contribution in [2.45, 2.75) is 64.5 Å². The number of methoxy groups -OCH3 is 1. The number of nitrogens with zero attached hydrogens (tertiary/aromatic N) is 1. The van der Waals surface area contributed by atoms with Gasteiger partial charge in [-0.1, -0.05) is 45.2 Å². The molecule has 3 rings (SSSR count). The van der Waals surface area contributed by atoms with Crippen molar-refractivity contribution in [3.05, 3.63) is 41.2 Å². The molecule has 1 atom stereocenters. The molecular weight excluding hydrogens is 342 g/mol. The third-order valence-electron chi connectivity index (χ3n) is 5.52. The lowest BCUT2D eigenvalue weighted by atomic mass is 9.89. The second-order valence-corrected chi connectivity index (χ2v) is 7.97. The maximum Gasteiger partial charge on any atom is 0.290 e. The fourth-order valence-electron chi connectivity index (χ4n) is 4.26. The van der Waals surface area contributed by atoms with Gasteiger partial charge in [0.1, 0.15) is 5.75 Å². The van der Waals surface area contributed by atoms with Crippen LogP contribution in [0.15, 0.2) is 35.6 Å². The van der Waals surface area contributed by atoms with Gasteiger partial charge < -0.3 is 14.7 Å². The number of hydrogen-bond acceptors (Lipinski definition) is 4. The van der Waals surface area contributed by atoms with E-state index in [-0.39, 0.29) is 29.1 Å². The summed E-state index contributed by atoms with van der Waals surface area (Å²) in [6.07, 6.45) is 5.42. The molecule has 5 heteroatoms. The molecule has 0 aromatic heterocycles. The number of aliphatic hydroxyl groups is 1. The minimum Gasteiger partial charge on any atom is -0.503 e. The van der Waals surface area contributed by atoms with Crippen LogP contribution in [0.3, 0.4) is 0 Å². The van der Waals surface area contributed by atoms with E-state index in [1.165, 1.54) is 6.42 Å². The Balaban J connectivity index is 2.06. The molecule has 0 radical (unpaired) electrons. The molecule has 0 saturated heterocycles. The molecule has 1 saturated carbocycles. The van der Waals surface area contributed by atoms with Crippen molar-refractivity contribution in [2.75, 3.05) is 7.11 Å². The second kappa shape index (κ2) is 8.15. The largest absolute Gasteiger partial charge is 0.503 e. The zero-order valence-electron chi connectivity index (χ0n) is 16.4. The van der Waals surface area contributed by atoms with Crippen LogP contribution in [-0.4, -0.2) is 34.8 Å². The Kier molecular flexibility index (Phi) is 5.88. The second-order valence-electron chi connectivity index (χ2n) is 7.97. The number of amides is 1. The predicted octanol–water partition coefficient (Wildman–Crippen LogP) is 4.34. The average Bonchev–Trinajstić information content (AvgIpc) is 2.93. The molecule has 1 unspecified atom stereocenters. The minimum atomic E-state index is -0.540. The maximum absolute atomic E-state index is 13.0. The fourth-order valence-corrected chi connectivity index (χ4v) is 4.26. The number of carbonyl (C=O) groups excluding carboxylic acids is 2. The van der Waals surface area contributed by atoms with Gasteiger partial charge in [-0.3, -0.25) is 9.59 Å². The van der Waals surface area contributed by atoms with Gasteiger partial charge in [-0.2, -0.15) is 0 Å². The van der Waals surface area contributed by atoms with Crippen LogP contribution in [0.25, 0.3) is 0 Å². The Labute approximate surface area is 161 Å². The van der Waals surface area contributed by atoms with E-state index in [1.54, 1.807) is 12.0 Å². The molecule has 1 aliphatic carbocycles. The van der Waals surface area contributed by atoms with E-state index in [1.807, 2.05) is 38.1 Å². The zero-order valence-corrected chi connectivity index (χ0v) is 16.4. The van der Waals surface area contributed by atoms with E-state index in [4.69, 9.17) is 4.74 Å². The molecule has 2 aliphatic rings. The molecule has 1 aromatic rings. The Morgan fingerprint density at radius 3 is 2.59 bits per heavy atom. The summed E-state index contributed by atoms with van der Waals surface area (Å²) in [4.78, 5) is 27.7. The van der Waals surface area contributed by atoms with E-state index in [2.05, 4.69) is 0 Å². The van der Waals surface area contributed by atoms with E-state index in [9.17, 15) is 14.7 Å². The highest BCUT2D eigenvalue weighted by molar-refractivity contribution is 6.09. The van der Waals surface area contributed by atoms with Crippen molar-refractivity contribution >= 4 is 11.7 Å². The van der Waals surface area contributed by atoms with E-state index < -0.39 is 11.9 Å². The van der Waals surface area contributed by atoms with Crippen molar-refractivity contribution < 1.29 is 19.4 Å². The number of Topliss-reactive ketones (excluding diaryl/α,β-unsaturated/α-hetero) is 1. The molecule has 1 aromatic carbocycles. The van der Waals surface area contributed by atoms with Crippen LogP contribution in [0.1, 0.15) is 64.0 Å². The molecular formula is C22H29NO4. The lowest BCUT2D eigenvalue weighted by molar-refractivity contribution is -0.132. The number of carbonyl (C=O) groups is 2. The average molecular weight is 371 g/mol. The van der Waals surface area contributed by atoms with E-state index in [0.29, 0.717) is 12.2 Å². The van der Waals surface area contributed by atoms with Gasteiger partial charge >= 0.3 is 0 Å². The van der Waals surface area contributed by atoms with Gasteiger partial charge in [0.15, 0.2) is 11.5 Å². The number of rotatable bonds is 6. The molecule has 1 N–H and O–H groups in total. The first-order valence-corrected chi connectivity index (χ1v) is 9.87. The van der Waals surface area contributed by atoms with Crippen LogP contribution >= 0.6 is 0 Å². The summed E-state index contributed by atoms with van der Waals surface area (Å²) >= 11 is 0. The van der Waals surface area contributed by atoms with Crippen LogP contribution < -0.4 is 4.74 Å². The van der Waals surface area contributed by atoms with Crippen molar-refractivity contribution in [3.8, 4) is 5.75 Å². The smallest absolute Gasteiger partial charge is 0.290 e. The van der Waals surface area contributed by atoms with Crippen molar-refractivity contribution in [1.82, 2.24) is 4.90 Å². The molecule has 5 nitrogen and oxygen atoms in total. The molecule has 27 heavy (non-hydrogen) atoms. The van der Waals surface area contributed by atoms with Crippen LogP contribution in [0.2, 0.25) is 0 Å². The highest BCUT2D eigenvalue weighted by Gasteiger charge is 2.46. The first kappa shape index (κ1) is 19.5. The highest BCUT2D eigenvalue weighted by Crippen LogP contribution is 2.43. The fraction of sp³-hybridized carbons (Fsp3) is 0.545. The molecule has 146 valence electrons. The number of benzene rings is 1. The quantitative estimate of drug-likeness (QED) is 0.808. The molecule has 1 fully saturated rings. The third-order valence-corrected chi connectivity index (χ3v) is 5.52. The summed E-state index contributed by atoms with van der Waals surface area (Å²) < 4.78 is 5.34. The first-order valence-electron chi connectivity index (χ1n) is 9.87. The molecule has 1 aliphatic heterocycles. The van der Waals surface area contributed by atoms with Gasteiger partial charge in [0.2, 0.25) is 0 Å². The highest BCUT2D eigenvalue weighted by atomic mass is 16.5. The van der Waals surface area contributed by atoms with Crippen molar-refractivity contribution in [2.24, 2.45) is 5.92 Å². The summed E-state index contributed by atoms with van der Waals surface area (Å²) in [6.45, 7) is 3.93. The lowest BCUT2D eigenvalue weighted by Gasteiger charge is -2.36. The maximum atomic E-state index is 13.0. The summed E-state index contributed by atoms with van der Waals surface area (Å²) in [6, 6.07) is 6.96. The van der Waals surface area contributed by atoms with Gasteiger partial charge in [0.05, 0.1) is 18.7 Å². The first-order chi connectivity index (χ1) is 12.9. The van der Waals surface area contributed by atoms with Gasteiger partial charge in [-0.25, -0.2) is 0 Å². The van der Waals surface area contributed by atoms with Crippen LogP contribution in [-0.2, 0) is 9.59 Å². The Hall–Kier alpha value is -2.30. The number of ether oxygens (including phenoxy) is 1. The standard InChI is InChI=1S/C22H29NO4/c1-14(2)12-18(24)19-20(15-8-7-11-17(13-15)27-3)23(22(26)21(19)25)16-9-5-4-6-10-16/h7-8,11,13-14,16,20,25H,4-6,9-10,12H2,1-3H3. The normalized spacial score (nSPS) is 21.3. The van der Waals surface area contributed by atoms with Crippen LogP contribution in [0.5, 0.6) is 5.75 Å². The Bertz CT molecular complexity index is 746. The van der Waals surface area contributed by atoms with E-state index in [0.717, 1.165) is 31.2 Å². The monoisotopic (exact) mass is 371 g/mol. The van der Waals surface area contributed by atoms with Crippen LogP contribution in [0, 0.1) is 5.92 Å². The summed E-state index contributed by atoms with van der Waals surface area (Å²) in [5, 5.41) is 10.6. The SMILES string of the molecule is COc1cccc(C2C(C(=O)CC(C)C)=C(O)C(=O)N2C2CCCCC2)c1. The summed E-state index contributed by atoms with van der Waals surface area (Å²) in [5.41, 5.74) is 1.05. The Morgan fingerprint density at radius 1 is 1.26 bits per heavy atom. The summed E-state index contributed by atoms with van der Waals surface area (Å²) in [7, 11) is 1.59. The number of aliphatic hydroxyl groups excluding tert-OH is 1. The van der Waals surface area contributed by atoms with Crippen molar-refractivity contribution in [1.29, 1.82) is 0 Å². The zero-order chi connectivity index (χ0) is 19.6. The molecule has 1 heterocycles. The van der Waals surface area contributed by atoms with E-state index >= 15 is 0 Å². The van der Waals surface area contributed by atoms with Gasteiger partial charge in [-0.05, 0) is 36.5 Å². The minimum absolute atomic E-state index is 0.0500. The van der Waals surface area contributed by atoms with Gasteiger partial charge in [0.25, 0.3) is 5.91 Å². The summed E-state index contributed by atoms with van der Waals surface area (Å²) in [5.74, 6) is -0.115. The molecule has 1 amide bonds. The molecule has 0 bridgehead atoms. The Morgan fingerprint density at radius 2 is 1.96 bits per heavy atom. The number of hydrogen-bond donors (Lipinski definition) is 1. The molecule has 0 spiro atoms. The van der Waals surface area contributed by atoms with Crippen LogP contribution in [0.4, 0.5) is 0 Å². The topological polar surface area (TPSA) is 66.8 Å². The van der Waals surface area contributed by atoms with Crippen molar-refractivity contribution in [3.63, 3.8) is 0 Å². The van der Waals surface area contributed by atoms with Gasteiger partial charge in [-0.15, -0.1) is 0 Å².